The van der Waals surface area contributed by atoms with Crippen LogP contribution in [0.3, 0.4) is 0 Å². The van der Waals surface area contributed by atoms with Crippen LogP contribution in [-0.4, -0.2) is 0 Å². The molecular formula is C15H20. The first-order valence-corrected chi connectivity index (χ1v) is 5.42. The number of rotatable bonds is 4. The smallest absolute Gasteiger partial charge is 0.0102 e. The summed E-state index contributed by atoms with van der Waals surface area (Å²) in [6.45, 7) is 10.5. The quantitative estimate of drug-likeness (QED) is 0.628. The van der Waals surface area contributed by atoms with Crippen molar-refractivity contribution >= 4 is 0 Å². The normalized spacial score (nSPS) is 12.6. The van der Waals surface area contributed by atoms with Crippen molar-refractivity contribution in [2.75, 3.05) is 0 Å². The molecule has 0 spiro atoms. The molecule has 0 unspecified atom stereocenters. The fourth-order valence-electron chi connectivity index (χ4n) is 1.60. The van der Waals surface area contributed by atoms with Crippen LogP contribution in [0.2, 0.25) is 0 Å². The van der Waals surface area contributed by atoms with Crippen molar-refractivity contribution in [3.63, 3.8) is 0 Å². The van der Waals surface area contributed by atoms with Crippen molar-refractivity contribution in [3.05, 3.63) is 60.2 Å². The van der Waals surface area contributed by atoms with Gasteiger partial charge in [-0.1, -0.05) is 61.9 Å². The van der Waals surface area contributed by atoms with Crippen molar-refractivity contribution < 1.29 is 0 Å². The van der Waals surface area contributed by atoms with Crippen LogP contribution in [0.15, 0.2) is 54.6 Å². The minimum Gasteiger partial charge on any atom is -0.103 e. The summed E-state index contributed by atoms with van der Waals surface area (Å²) in [6, 6.07) is 10.6. The van der Waals surface area contributed by atoms with E-state index in [1.54, 1.807) is 0 Å². The minimum atomic E-state index is 0.115. The standard InChI is InChI=1S/C15H20/c1-5-6-10-13(2)15(3,4)14-11-8-7-9-12-14/h5,7-12H,1,6H2,2-4H3. The molecule has 0 nitrogen and oxygen atoms in total. The fraction of sp³-hybridized carbons (Fsp3) is 0.333. The summed E-state index contributed by atoms with van der Waals surface area (Å²) >= 11 is 0. The molecule has 0 aliphatic carbocycles. The molecule has 1 aromatic carbocycles. The molecule has 0 aliphatic rings. The van der Waals surface area contributed by atoms with Gasteiger partial charge in [0.1, 0.15) is 0 Å². The van der Waals surface area contributed by atoms with Crippen molar-refractivity contribution in [3.8, 4) is 0 Å². The zero-order valence-electron chi connectivity index (χ0n) is 9.96. The molecule has 0 fully saturated rings. The van der Waals surface area contributed by atoms with Gasteiger partial charge in [0.05, 0.1) is 0 Å². The van der Waals surface area contributed by atoms with E-state index in [-0.39, 0.29) is 5.41 Å². The van der Waals surface area contributed by atoms with Gasteiger partial charge in [0.15, 0.2) is 0 Å². The predicted octanol–water partition coefficient (Wildman–Crippen LogP) is 4.49. The predicted molar refractivity (Wildman–Crippen MR) is 68.0 cm³/mol. The molecule has 0 radical (unpaired) electrons. The fourth-order valence-corrected chi connectivity index (χ4v) is 1.60. The highest BCUT2D eigenvalue weighted by Gasteiger charge is 2.21. The highest BCUT2D eigenvalue weighted by Crippen LogP contribution is 2.30. The Hall–Kier alpha value is -1.30. The van der Waals surface area contributed by atoms with Gasteiger partial charge in [-0.3, -0.25) is 0 Å². The summed E-state index contributed by atoms with van der Waals surface area (Å²) in [5.41, 5.74) is 2.88. The van der Waals surface area contributed by atoms with Crippen LogP contribution in [0, 0.1) is 0 Å². The third-order valence-electron chi connectivity index (χ3n) is 3.07. The van der Waals surface area contributed by atoms with Gasteiger partial charge in [0.25, 0.3) is 0 Å². The molecule has 15 heavy (non-hydrogen) atoms. The first-order chi connectivity index (χ1) is 7.09. The summed E-state index contributed by atoms with van der Waals surface area (Å²) in [6.07, 6.45) is 5.13. The molecule has 0 atom stereocenters. The maximum Gasteiger partial charge on any atom is 0.0102 e. The molecule has 0 aromatic heterocycles. The van der Waals surface area contributed by atoms with E-state index in [0.29, 0.717) is 0 Å². The second-order valence-electron chi connectivity index (χ2n) is 4.40. The lowest BCUT2D eigenvalue weighted by Gasteiger charge is -2.26. The summed E-state index contributed by atoms with van der Waals surface area (Å²) < 4.78 is 0. The van der Waals surface area contributed by atoms with Crippen molar-refractivity contribution in [1.29, 1.82) is 0 Å². The largest absolute Gasteiger partial charge is 0.103 e. The van der Waals surface area contributed by atoms with Crippen LogP contribution in [0.5, 0.6) is 0 Å². The Balaban J connectivity index is 2.97. The first kappa shape index (κ1) is 11.8. The Morgan fingerprint density at radius 1 is 1.27 bits per heavy atom. The second-order valence-corrected chi connectivity index (χ2v) is 4.40. The molecule has 0 amide bonds. The second kappa shape index (κ2) is 4.97. The Labute approximate surface area is 93.3 Å². The molecular weight excluding hydrogens is 180 g/mol. The van der Waals surface area contributed by atoms with Gasteiger partial charge in [-0.05, 0) is 18.9 Å². The van der Waals surface area contributed by atoms with Gasteiger partial charge in [0, 0.05) is 5.41 Å². The number of hydrogen-bond donors (Lipinski definition) is 0. The lowest BCUT2D eigenvalue weighted by molar-refractivity contribution is 0.621. The lowest BCUT2D eigenvalue weighted by Crippen LogP contribution is -2.18. The highest BCUT2D eigenvalue weighted by atomic mass is 14.3. The van der Waals surface area contributed by atoms with Crippen LogP contribution in [-0.2, 0) is 5.41 Å². The average Bonchev–Trinajstić information content (AvgIpc) is 2.27. The molecule has 0 saturated heterocycles. The van der Waals surface area contributed by atoms with Gasteiger partial charge in [0.2, 0.25) is 0 Å². The van der Waals surface area contributed by atoms with Gasteiger partial charge in [-0.25, -0.2) is 0 Å². The molecule has 0 saturated carbocycles. The minimum absolute atomic E-state index is 0.115. The molecule has 0 N–H and O–H groups in total. The molecule has 1 aromatic rings. The number of hydrogen-bond acceptors (Lipinski definition) is 0. The van der Waals surface area contributed by atoms with Crippen molar-refractivity contribution in [1.82, 2.24) is 0 Å². The van der Waals surface area contributed by atoms with E-state index in [1.807, 2.05) is 6.08 Å². The van der Waals surface area contributed by atoms with Crippen LogP contribution in [0.1, 0.15) is 32.8 Å². The van der Waals surface area contributed by atoms with Crippen LogP contribution < -0.4 is 0 Å². The zero-order chi connectivity index (χ0) is 11.3. The molecule has 0 heteroatoms. The van der Waals surface area contributed by atoms with Gasteiger partial charge in [-0.2, -0.15) is 0 Å². The average molecular weight is 200 g/mol. The summed E-state index contributed by atoms with van der Waals surface area (Å²) in [7, 11) is 0. The van der Waals surface area contributed by atoms with E-state index in [9.17, 15) is 0 Å². The van der Waals surface area contributed by atoms with E-state index in [2.05, 4.69) is 63.8 Å². The van der Waals surface area contributed by atoms with E-state index < -0.39 is 0 Å². The highest BCUT2D eigenvalue weighted by molar-refractivity contribution is 5.33. The van der Waals surface area contributed by atoms with E-state index in [4.69, 9.17) is 0 Å². The summed E-state index contributed by atoms with van der Waals surface area (Å²) in [5, 5.41) is 0. The summed E-state index contributed by atoms with van der Waals surface area (Å²) in [5.74, 6) is 0. The van der Waals surface area contributed by atoms with E-state index in [0.717, 1.165) is 6.42 Å². The SMILES string of the molecule is C=CCC=C(C)C(C)(C)c1ccccc1. The van der Waals surface area contributed by atoms with Crippen LogP contribution >= 0.6 is 0 Å². The van der Waals surface area contributed by atoms with E-state index in [1.165, 1.54) is 11.1 Å². The molecule has 1 rings (SSSR count). The van der Waals surface area contributed by atoms with E-state index >= 15 is 0 Å². The Kier molecular flexibility index (Phi) is 3.90. The first-order valence-electron chi connectivity index (χ1n) is 5.42. The van der Waals surface area contributed by atoms with Crippen molar-refractivity contribution in [2.45, 2.75) is 32.6 Å². The van der Waals surface area contributed by atoms with Crippen LogP contribution in [0.4, 0.5) is 0 Å². The number of allylic oxidation sites excluding steroid dienone is 3. The van der Waals surface area contributed by atoms with Crippen LogP contribution in [0.25, 0.3) is 0 Å². The maximum absolute atomic E-state index is 3.74. The third-order valence-corrected chi connectivity index (χ3v) is 3.07. The Bertz CT molecular complexity index is 342. The molecule has 0 heterocycles. The maximum atomic E-state index is 3.74. The number of benzene rings is 1. The summed E-state index contributed by atoms with van der Waals surface area (Å²) in [4.78, 5) is 0. The van der Waals surface area contributed by atoms with Gasteiger partial charge in [-0.15, -0.1) is 6.58 Å². The third kappa shape index (κ3) is 2.82. The Morgan fingerprint density at radius 3 is 2.40 bits per heavy atom. The van der Waals surface area contributed by atoms with Gasteiger partial charge >= 0.3 is 0 Å². The van der Waals surface area contributed by atoms with Gasteiger partial charge < -0.3 is 0 Å². The molecule has 80 valence electrons. The lowest BCUT2D eigenvalue weighted by atomic mass is 9.78. The molecule has 0 bridgehead atoms. The zero-order valence-corrected chi connectivity index (χ0v) is 9.96. The van der Waals surface area contributed by atoms with Crippen molar-refractivity contribution in [2.24, 2.45) is 0 Å². The monoisotopic (exact) mass is 200 g/mol. The molecule has 0 aliphatic heterocycles. The topological polar surface area (TPSA) is 0 Å². The Morgan fingerprint density at radius 2 is 1.87 bits per heavy atom.